The molecule has 1 aliphatic carbocycles. The van der Waals surface area contributed by atoms with Gasteiger partial charge >= 0.3 is 0 Å². The molecule has 2 bridgehead atoms. The second-order valence-corrected chi connectivity index (χ2v) is 14.7. The van der Waals surface area contributed by atoms with Gasteiger partial charge in [-0.25, -0.2) is 15.0 Å². The predicted octanol–water partition coefficient (Wildman–Crippen LogP) is 4.39. The second-order valence-electron chi connectivity index (χ2n) is 13.9. The van der Waals surface area contributed by atoms with Crippen LogP contribution >= 0.6 is 15.9 Å². The van der Waals surface area contributed by atoms with Crippen LogP contribution in [0.25, 0.3) is 22.0 Å². The van der Waals surface area contributed by atoms with Crippen LogP contribution in [-0.2, 0) is 32.3 Å². The van der Waals surface area contributed by atoms with Crippen LogP contribution in [0.15, 0.2) is 59.5 Å². The fourth-order valence-corrected chi connectivity index (χ4v) is 7.30. The summed E-state index contributed by atoms with van der Waals surface area (Å²) in [5.74, 6) is -0.0951. The highest BCUT2D eigenvalue weighted by molar-refractivity contribution is 9.10. The highest BCUT2D eigenvalue weighted by atomic mass is 79.9. The van der Waals surface area contributed by atoms with Crippen LogP contribution in [0.1, 0.15) is 55.5 Å². The van der Waals surface area contributed by atoms with E-state index in [1.165, 1.54) is 11.6 Å². The van der Waals surface area contributed by atoms with Crippen molar-refractivity contribution in [2.45, 2.75) is 65.8 Å². The molecule has 1 unspecified atom stereocenters. The van der Waals surface area contributed by atoms with Crippen LogP contribution in [0, 0.1) is 17.8 Å². The molecule has 50 heavy (non-hydrogen) atoms. The van der Waals surface area contributed by atoms with Crippen LogP contribution < -0.4 is 10.6 Å². The van der Waals surface area contributed by atoms with Gasteiger partial charge in [0.25, 0.3) is 0 Å². The molecule has 1 saturated heterocycles. The molecule has 3 aliphatic rings. The summed E-state index contributed by atoms with van der Waals surface area (Å²) in [6, 6.07) is 8.07. The van der Waals surface area contributed by atoms with E-state index in [4.69, 9.17) is 4.74 Å². The number of hydrogen-bond acceptors (Lipinski definition) is 9. The minimum absolute atomic E-state index is 0.151. The van der Waals surface area contributed by atoms with Crippen molar-refractivity contribution < 1.29 is 23.9 Å². The number of Topliss-reactive ketones (excluding diaryl/α,β-unsaturated/α-hetero) is 1. The molecular formula is C36H37BrN8O5. The van der Waals surface area contributed by atoms with Crippen LogP contribution in [-0.4, -0.2) is 78.4 Å². The SMILES string of the molecule is CC(=O)c1nn(CC(=O)N2C3C[C@@]34CNC(=O)C(C)(C)/C=C/COCc3ccc(Br)nc3NC(=O)[C@@H]2C4)c2ccc(-c3cnc(C)nc3)cc12. The summed E-state index contributed by atoms with van der Waals surface area (Å²) in [5.41, 5.74) is 1.87. The molecule has 1 spiro atoms. The Morgan fingerprint density at radius 1 is 1.08 bits per heavy atom. The van der Waals surface area contributed by atoms with E-state index in [1.807, 2.05) is 50.3 Å². The summed E-state index contributed by atoms with van der Waals surface area (Å²) in [6.45, 7) is 7.50. The lowest BCUT2D eigenvalue weighted by Gasteiger charge is -2.27. The van der Waals surface area contributed by atoms with Crippen LogP contribution in [0.3, 0.4) is 0 Å². The van der Waals surface area contributed by atoms with E-state index in [-0.39, 0.29) is 55.0 Å². The Kier molecular flexibility index (Phi) is 8.63. The summed E-state index contributed by atoms with van der Waals surface area (Å²) in [5, 5.41) is 11.2. The number of carbonyl (C=O) groups excluding carboxylic acids is 4. The minimum atomic E-state index is -0.823. The molecule has 3 atom stereocenters. The number of pyridine rings is 1. The zero-order chi connectivity index (χ0) is 35.4. The number of benzene rings is 1. The van der Waals surface area contributed by atoms with E-state index in [0.717, 1.165) is 11.1 Å². The van der Waals surface area contributed by atoms with Crippen molar-refractivity contribution in [3.63, 3.8) is 0 Å². The smallest absolute Gasteiger partial charge is 0.248 e. The molecular weight excluding hydrogens is 704 g/mol. The molecule has 3 amide bonds. The van der Waals surface area contributed by atoms with Gasteiger partial charge in [-0.1, -0.05) is 24.3 Å². The number of nitrogens with one attached hydrogen (secondary N) is 2. The van der Waals surface area contributed by atoms with Crippen LogP contribution in [0.4, 0.5) is 5.82 Å². The van der Waals surface area contributed by atoms with Gasteiger partial charge in [-0.15, -0.1) is 0 Å². The number of nitrogens with zero attached hydrogens (tertiary/aromatic N) is 6. The molecule has 3 aromatic heterocycles. The van der Waals surface area contributed by atoms with E-state index < -0.39 is 16.9 Å². The Balaban J connectivity index is 1.21. The number of aromatic nitrogens is 5. The number of hydrogen-bond donors (Lipinski definition) is 2. The predicted molar refractivity (Wildman–Crippen MR) is 188 cm³/mol. The molecule has 1 aromatic carbocycles. The van der Waals surface area contributed by atoms with Gasteiger partial charge < -0.3 is 20.3 Å². The first kappa shape index (κ1) is 33.7. The molecule has 4 aromatic rings. The number of ketones is 1. The van der Waals surface area contributed by atoms with E-state index in [9.17, 15) is 19.2 Å². The van der Waals surface area contributed by atoms with Gasteiger partial charge in [0.15, 0.2) is 5.78 Å². The lowest BCUT2D eigenvalue weighted by atomic mass is 9.91. The maximum atomic E-state index is 14.3. The Morgan fingerprint density at radius 3 is 2.62 bits per heavy atom. The molecule has 2 aliphatic heterocycles. The Morgan fingerprint density at radius 2 is 1.86 bits per heavy atom. The van der Waals surface area contributed by atoms with Crippen molar-refractivity contribution in [2.75, 3.05) is 18.5 Å². The van der Waals surface area contributed by atoms with E-state index >= 15 is 0 Å². The average Bonchev–Trinajstić information content (AvgIpc) is 3.50. The van der Waals surface area contributed by atoms with Gasteiger partial charge in [0.2, 0.25) is 17.7 Å². The van der Waals surface area contributed by atoms with Gasteiger partial charge in [0.1, 0.15) is 34.5 Å². The molecule has 2 fully saturated rings. The third-order valence-electron chi connectivity index (χ3n) is 9.87. The van der Waals surface area contributed by atoms with Crippen molar-refractivity contribution in [3.05, 3.63) is 76.6 Å². The molecule has 13 nitrogen and oxygen atoms in total. The molecule has 0 radical (unpaired) electrons. The first-order valence-electron chi connectivity index (χ1n) is 16.5. The number of anilines is 1. The van der Waals surface area contributed by atoms with Gasteiger partial charge in [-0.3, -0.25) is 23.9 Å². The first-order valence-corrected chi connectivity index (χ1v) is 17.3. The Bertz CT molecular complexity index is 2080. The zero-order valence-electron chi connectivity index (χ0n) is 28.2. The highest BCUT2D eigenvalue weighted by Crippen LogP contribution is 2.59. The maximum Gasteiger partial charge on any atom is 0.248 e. The summed E-state index contributed by atoms with van der Waals surface area (Å²) < 4.78 is 7.90. The number of rotatable bonds is 4. The number of halogens is 1. The normalized spacial score (nSPS) is 23.8. The number of carbonyl (C=O) groups is 4. The third-order valence-corrected chi connectivity index (χ3v) is 10.3. The zero-order valence-corrected chi connectivity index (χ0v) is 29.8. The monoisotopic (exact) mass is 740 g/mol. The van der Waals surface area contributed by atoms with Gasteiger partial charge in [-0.2, -0.15) is 5.10 Å². The number of piperidine rings is 1. The summed E-state index contributed by atoms with van der Waals surface area (Å²) in [4.78, 5) is 69.1. The van der Waals surface area contributed by atoms with E-state index in [0.29, 0.717) is 52.1 Å². The molecule has 258 valence electrons. The largest absolute Gasteiger partial charge is 0.373 e. The van der Waals surface area contributed by atoms with Crippen LogP contribution in [0.2, 0.25) is 0 Å². The first-order chi connectivity index (χ1) is 23.8. The molecule has 5 heterocycles. The summed E-state index contributed by atoms with van der Waals surface area (Å²) >= 11 is 3.40. The maximum absolute atomic E-state index is 14.3. The molecule has 2 N–H and O–H groups in total. The number of aryl methyl sites for hydroxylation is 1. The average molecular weight is 742 g/mol. The van der Waals surface area contributed by atoms with Crippen molar-refractivity contribution in [3.8, 4) is 11.1 Å². The number of ether oxygens (including phenoxy) is 1. The fraction of sp³-hybridized carbons (Fsp3) is 0.389. The number of fused-ring (bicyclic) bond motifs is 3. The molecule has 1 saturated carbocycles. The topological polar surface area (TPSA) is 161 Å². The van der Waals surface area contributed by atoms with Gasteiger partial charge in [-0.05, 0) is 73.3 Å². The van der Waals surface area contributed by atoms with E-state index in [1.54, 1.807) is 30.3 Å². The standard InChI is InChI=1S/C36H37BrN8O5/c1-20(46)31-25-12-22(24-15-38-21(2)39-16-24)6-8-26(25)44(43-31)17-30(47)45-27-13-36(14-28(36)45)19-40-34(49)35(3,4)10-5-11-50-18-23-7-9-29(37)41-32(23)42-33(27)48/h5-10,12,15-16,27-28H,11,13-14,17-19H2,1-4H3,(H,40,49)(H,41,42,48)/b10-5+/t27-,28?,36-/m0/s1. The lowest BCUT2D eigenvalue weighted by molar-refractivity contribution is -0.138. The second kappa shape index (κ2) is 12.8. The Labute approximate surface area is 297 Å². The van der Waals surface area contributed by atoms with Gasteiger partial charge in [0, 0.05) is 53.8 Å². The quantitative estimate of drug-likeness (QED) is 0.176. The highest BCUT2D eigenvalue weighted by Gasteiger charge is 2.67. The number of amides is 3. The van der Waals surface area contributed by atoms with Crippen molar-refractivity contribution in [2.24, 2.45) is 10.8 Å². The van der Waals surface area contributed by atoms with E-state index in [2.05, 4.69) is 46.6 Å². The Hall–Kier alpha value is -4.82. The molecule has 14 heteroatoms. The summed E-state index contributed by atoms with van der Waals surface area (Å²) in [7, 11) is 0. The lowest BCUT2D eigenvalue weighted by Crippen LogP contribution is -2.47. The third kappa shape index (κ3) is 6.33. The van der Waals surface area contributed by atoms with Crippen LogP contribution in [0.5, 0.6) is 0 Å². The van der Waals surface area contributed by atoms with Gasteiger partial charge in [0.05, 0.1) is 24.1 Å². The molecule has 7 rings (SSSR count). The van der Waals surface area contributed by atoms with Crippen molar-refractivity contribution >= 4 is 56.2 Å². The van der Waals surface area contributed by atoms with Crippen molar-refractivity contribution in [1.29, 1.82) is 0 Å². The summed E-state index contributed by atoms with van der Waals surface area (Å²) in [6.07, 6.45) is 8.10. The number of likely N-dealkylation sites (tertiary alicyclic amines) is 1. The van der Waals surface area contributed by atoms with Crippen molar-refractivity contribution in [1.82, 2.24) is 34.9 Å². The fourth-order valence-electron chi connectivity index (χ4n) is 6.99. The minimum Gasteiger partial charge on any atom is -0.373 e.